The summed E-state index contributed by atoms with van der Waals surface area (Å²) in [6.07, 6.45) is -11.5. The van der Waals surface area contributed by atoms with E-state index in [1.165, 1.54) is 37.3 Å². The molecule has 0 bridgehead atoms. The van der Waals surface area contributed by atoms with Crippen LogP contribution < -0.4 is 0 Å². The van der Waals surface area contributed by atoms with Crippen LogP contribution in [0.1, 0.15) is 48.8 Å². The Balaban J connectivity index is 1.75. The molecule has 15 heteroatoms. The lowest BCUT2D eigenvalue weighted by Gasteiger charge is -2.33. The lowest BCUT2D eigenvalue weighted by Crippen LogP contribution is -2.50. The molecular weight excluding hydrogens is 635 g/mol. The first-order valence-corrected chi connectivity index (χ1v) is 15.5. The Bertz CT molecular complexity index is 1490. The molecule has 1 unspecified atom stereocenters. The molecule has 0 spiro atoms. The summed E-state index contributed by atoms with van der Waals surface area (Å²) in [5, 5.41) is 0. The van der Waals surface area contributed by atoms with Crippen molar-refractivity contribution in [3.63, 3.8) is 0 Å². The van der Waals surface area contributed by atoms with E-state index in [-0.39, 0.29) is 60.0 Å². The first-order valence-electron chi connectivity index (χ1n) is 14.1. The average molecular weight is 668 g/mol. The third-order valence-electron chi connectivity index (χ3n) is 8.78. The van der Waals surface area contributed by atoms with Crippen molar-refractivity contribution in [3.8, 4) is 0 Å². The van der Waals surface area contributed by atoms with Crippen molar-refractivity contribution in [3.05, 3.63) is 65.2 Å². The van der Waals surface area contributed by atoms with Crippen LogP contribution in [0.3, 0.4) is 0 Å². The highest BCUT2D eigenvalue weighted by atomic mass is 32.2. The Kier molecular flexibility index (Phi) is 9.66. The molecule has 0 aromatic heterocycles. The first-order chi connectivity index (χ1) is 20.9. The van der Waals surface area contributed by atoms with Gasteiger partial charge in [0.15, 0.2) is 9.84 Å². The minimum Gasteiger partial charge on any atom is -0.469 e. The summed E-state index contributed by atoms with van der Waals surface area (Å²) < 4.78 is 132. The van der Waals surface area contributed by atoms with Gasteiger partial charge < -0.3 is 14.4 Å². The number of carbonyl (C=O) groups is 2. The fourth-order valence-corrected chi connectivity index (χ4v) is 8.42. The van der Waals surface area contributed by atoms with Gasteiger partial charge in [0.25, 0.3) is 0 Å². The number of halogens is 7. The highest BCUT2D eigenvalue weighted by molar-refractivity contribution is 7.92. The van der Waals surface area contributed by atoms with Crippen LogP contribution in [0.25, 0.3) is 0 Å². The van der Waals surface area contributed by atoms with E-state index < -0.39 is 50.6 Å². The molecule has 1 saturated heterocycles. The zero-order valence-corrected chi connectivity index (χ0v) is 25.2. The van der Waals surface area contributed by atoms with E-state index in [2.05, 4.69) is 0 Å². The number of esters is 1. The van der Waals surface area contributed by atoms with Crippen molar-refractivity contribution >= 4 is 21.7 Å². The zero-order chi connectivity index (χ0) is 33.4. The van der Waals surface area contributed by atoms with Gasteiger partial charge in [0, 0.05) is 31.7 Å². The molecule has 1 amide bonds. The highest BCUT2D eigenvalue weighted by Crippen LogP contribution is 2.54. The largest absolute Gasteiger partial charge is 0.469 e. The molecule has 2 aromatic carbocycles. The molecule has 2 fully saturated rings. The Morgan fingerprint density at radius 3 is 2.00 bits per heavy atom. The van der Waals surface area contributed by atoms with E-state index in [1.54, 1.807) is 6.07 Å². The molecule has 2 aromatic rings. The molecule has 0 N–H and O–H groups in total. The molecule has 1 atom stereocenters. The van der Waals surface area contributed by atoms with Gasteiger partial charge in [-0.2, -0.15) is 26.3 Å². The maximum absolute atomic E-state index is 14.8. The standard InChI is InChI=1S/C30H32F7NO6S/c1-43-17-19-4-3-5-24(16-19)45(41,42)27(22-10-12-23(13-11-22)28(31,29(32,33)34)30(35,36)37)14-15-38(18-27)25(39)20-6-8-21(9-7-20)26(40)44-2/h3-5,10-13,16,20-21H,6-9,14-15,17-18H2,1-2H3/t20-,21-,27?. The summed E-state index contributed by atoms with van der Waals surface area (Å²) in [5.41, 5.74) is -7.16. The Morgan fingerprint density at radius 1 is 0.889 bits per heavy atom. The number of alkyl halides is 7. The van der Waals surface area contributed by atoms with Gasteiger partial charge in [0.05, 0.1) is 24.5 Å². The Morgan fingerprint density at radius 2 is 1.47 bits per heavy atom. The van der Waals surface area contributed by atoms with Crippen molar-refractivity contribution < 1.29 is 58.2 Å². The number of sulfone groups is 1. The average Bonchev–Trinajstić information content (AvgIpc) is 3.47. The summed E-state index contributed by atoms with van der Waals surface area (Å²) in [4.78, 5) is 26.6. The van der Waals surface area contributed by atoms with Gasteiger partial charge in [-0.3, -0.25) is 9.59 Å². The van der Waals surface area contributed by atoms with Gasteiger partial charge in [-0.1, -0.05) is 36.4 Å². The number of ether oxygens (including phenoxy) is 2. The Hall–Kier alpha value is -3.20. The summed E-state index contributed by atoms with van der Waals surface area (Å²) in [7, 11) is -1.80. The molecule has 248 valence electrons. The SMILES string of the molecule is COCc1cccc(S(=O)(=O)C2(c3ccc(C(F)(C(F)(F)F)C(F)(F)F)cc3)CCN(C(=O)[C@H]3CC[C@H](C(=O)OC)CC3)C2)c1. The van der Waals surface area contributed by atoms with Crippen molar-refractivity contribution in [2.75, 3.05) is 27.3 Å². The summed E-state index contributed by atoms with van der Waals surface area (Å²) >= 11 is 0. The van der Waals surface area contributed by atoms with Gasteiger partial charge in [-0.05, 0) is 55.4 Å². The number of amides is 1. The second kappa shape index (κ2) is 12.5. The summed E-state index contributed by atoms with van der Waals surface area (Å²) in [5.74, 6) is -1.66. The van der Waals surface area contributed by atoms with Crippen molar-refractivity contribution in [1.82, 2.24) is 4.90 Å². The monoisotopic (exact) mass is 667 g/mol. The molecule has 45 heavy (non-hydrogen) atoms. The number of rotatable bonds is 8. The molecule has 1 saturated carbocycles. The van der Waals surface area contributed by atoms with Crippen LogP contribution >= 0.6 is 0 Å². The molecule has 1 heterocycles. The highest BCUT2D eigenvalue weighted by Gasteiger charge is 2.73. The minimum atomic E-state index is -6.35. The maximum atomic E-state index is 14.8. The van der Waals surface area contributed by atoms with Crippen LogP contribution in [0.5, 0.6) is 0 Å². The number of methoxy groups -OCH3 is 2. The quantitative estimate of drug-likeness (QED) is 0.254. The van der Waals surface area contributed by atoms with E-state index >= 15 is 0 Å². The number of nitrogens with zero attached hydrogens (tertiary/aromatic N) is 1. The Labute approximate surface area is 255 Å². The second-order valence-corrected chi connectivity index (χ2v) is 13.7. The lowest BCUT2D eigenvalue weighted by atomic mass is 9.81. The molecule has 2 aliphatic rings. The third kappa shape index (κ3) is 6.17. The van der Waals surface area contributed by atoms with Gasteiger partial charge >= 0.3 is 24.0 Å². The predicted molar refractivity (Wildman–Crippen MR) is 146 cm³/mol. The van der Waals surface area contributed by atoms with Crippen LogP contribution in [0.4, 0.5) is 30.7 Å². The normalized spacial score (nSPS) is 23.2. The fourth-order valence-electron chi connectivity index (χ4n) is 6.27. The number of carbonyl (C=O) groups excluding carboxylic acids is 2. The van der Waals surface area contributed by atoms with Crippen LogP contribution in [-0.4, -0.2) is 64.9 Å². The molecule has 4 rings (SSSR count). The van der Waals surface area contributed by atoms with Crippen LogP contribution in [-0.2, 0) is 45.9 Å². The number of hydrogen-bond donors (Lipinski definition) is 0. The van der Waals surface area contributed by atoms with Gasteiger partial charge in [0.1, 0.15) is 4.75 Å². The van der Waals surface area contributed by atoms with E-state index in [9.17, 15) is 48.7 Å². The second-order valence-electron chi connectivity index (χ2n) is 11.4. The molecular formula is C30H32F7NO6S. The number of benzene rings is 2. The van der Waals surface area contributed by atoms with E-state index in [4.69, 9.17) is 9.47 Å². The van der Waals surface area contributed by atoms with E-state index in [0.717, 1.165) is 12.1 Å². The van der Waals surface area contributed by atoms with Crippen molar-refractivity contribution in [2.45, 2.75) is 66.4 Å². The van der Waals surface area contributed by atoms with E-state index in [0.29, 0.717) is 31.2 Å². The number of hydrogen-bond acceptors (Lipinski definition) is 6. The van der Waals surface area contributed by atoms with Crippen LogP contribution in [0, 0.1) is 11.8 Å². The maximum Gasteiger partial charge on any atom is 0.435 e. The molecule has 1 aliphatic heterocycles. The van der Waals surface area contributed by atoms with Crippen LogP contribution in [0.15, 0.2) is 53.4 Å². The minimum absolute atomic E-state index is 0.0530. The summed E-state index contributed by atoms with van der Waals surface area (Å²) in [6, 6.07) is 7.76. The zero-order valence-electron chi connectivity index (χ0n) is 24.4. The van der Waals surface area contributed by atoms with E-state index in [1.807, 2.05) is 0 Å². The topological polar surface area (TPSA) is 90.0 Å². The smallest absolute Gasteiger partial charge is 0.435 e. The molecule has 7 nitrogen and oxygen atoms in total. The lowest BCUT2D eigenvalue weighted by molar-refractivity contribution is -0.348. The summed E-state index contributed by atoms with van der Waals surface area (Å²) in [6.45, 7) is -0.470. The molecule has 0 radical (unpaired) electrons. The number of likely N-dealkylation sites (tertiary alicyclic amines) is 1. The van der Waals surface area contributed by atoms with Gasteiger partial charge in [0.2, 0.25) is 5.91 Å². The third-order valence-corrected chi connectivity index (χ3v) is 11.3. The molecule has 1 aliphatic carbocycles. The van der Waals surface area contributed by atoms with Crippen molar-refractivity contribution in [2.24, 2.45) is 11.8 Å². The van der Waals surface area contributed by atoms with Crippen molar-refractivity contribution in [1.29, 1.82) is 0 Å². The van der Waals surface area contributed by atoms with Gasteiger partial charge in [-0.25, -0.2) is 12.8 Å². The van der Waals surface area contributed by atoms with Crippen LogP contribution in [0.2, 0.25) is 0 Å². The van der Waals surface area contributed by atoms with Gasteiger partial charge in [-0.15, -0.1) is 0 Å². The predicted octanol–water partition coefficient (Wildman–Crippen LogP) is 6.00. The fraction of sp³-hybridized carbons (Fsp3) is 0.533. The first kappa shape index (κ1) is 34.7.